The first-order chi connectivity index (χ1) is 9.35. The van der Waals surface area contributed by atoms with Crippen molar-refractivity contribution >= 4 is 21.6 Å². The molecular formula is C15H21BrN2O2. The molecule has 1 aromatic carbocycles. The summed E-state index contributed by atoms with van der Waals surface area (Å²) >= 11 is 3.33. The zero-order valence-electron chi connectivity index (χ0n) is 12.0. The summed E-state index contributed by atoms with van der Waals surface area (Å²) in [6.45, 7) is 5.33. The van der Waals surface area contributed by atoms with E-state index in [1.807, 2.05) is 6.07 Å². The molecule has 0 heterocycles. The van der Waals surface area contributed by atoms with Gasteiger partial charge in [0.05, 0.1) is 4.92 Å². The molecule has 5 heteroatoms. The minimum absolute atomic E-state index is 0.140. The maximum absolute atomic E-state index is 10.8. The molecule has 0 aliphatic heterocycles. The van der Waals surface area contributed by atoms with Crippen LogP contribution in [0.15, 0.2) is 22.7 Å². The van der Waals surface area contributed by atoms with Crippen LogP contribution >= 0.6 is 15.9 Å². The molecule has 0 aromatic heterocycles. The second kappa shape index (κ2) is 6.22. The largest absolute Gasteiger partial charge is 0.310 e. The number of non-ortho nitro benzene ring substituents is 1. The second-order valence-electron chi connectivity index (χ2n) is 6.39. The molecule has 1 aliphatic carbocycles. The van der Waals surface area contributed by atoms with Gasteiger partial charge in [-0.1, -0.05) is 29.8 Å². The average Bonchev–Trinajstić information content (AvgIpc) is 2.37. The van der Waals surface area contributed by atoms with Gasteiger partial charge in [0.25, 0.3) is 5.69 Å². The fourth-order valence-electron chi connectivity index (χ4n) is 2.71. The van der Waals surface area contributed by atoms with E-state index >= 15 is 0 Å². The minimum atomic E-state index is -0.350. The third kappa shape index (κ3) is 4.28. The van der Waals surface area contributed by atoms with Crippen LogP contribution < -0.4 is 5.32 Å². The molecule has 1 aliphatic rings. The summed E-state index contributed by atoms with van der Waals surface area (Å²) in [5, 5.41) is 14.4. The van der Waals surface area contributed by atoms with E-state index in [4.69, 9.17) is 0 Å². The van der Waals surface area contributed by atoms with Gasteiger partial charge in [0.15, 0.2) is 0 Å². The number of halogens is 1. The summed E-state index contributed by atoms with van der Waals surface area (Å²) in [5.41, 5.74) is 1.56. The lowest BCUT2D eigenvalue weighted by molar-refractivity contribution is -0.385. The van der Waals surface area contributed by atoms with Crippen LogP contribution in [0, 0.1) is 15.5 Å². The Morgan fingerprint density at radius 3 is 2.60 bits per heavy atom. The van der Waals surface area contributed by atoms with Gasteiger partial charge in [-0.15, -0.1) is 0 Å². The number of nitro groups is 1. The van der Waals surface area contributed by atoms with Crippen LogP contribution in [0.2, 0.25) is 0 Å². The average molecular weight is 341 g/mol. The van der Waals surface area contributed by atoms with Crippen molar-refractivity contribution < 1.29 is 4.92 Å². The molecule has 0 amide bonds. The molecule has 1 aromatic rings. The fraction of sp³-hybridized carbons (Fsp3) is 0.600. The van der Waals surface area contributed by atoms with Crippen LogP contribution in [0.5, 0.6) is 0 Å². The normalized spacial score (nSPS) is 18.9. The molecular weight excluding hydrogens is 320 g/mol. The van der Waals surface area contributed by atoms with Crippen LogP contribution in [0.25, 0.3) is 0 Å². The zero-order valence-corrected chi connectivity index (χ0v) is 13.6. The Morgan fingerprint density at radius 2 is 2.00 bits per heavy atom. The highest BCUT2D eigenvalue weighted by atomic mass is 79.9. The topological polar surface area (TPSA) is 55.2 Å². The number of nitrogens with one attached hydrogen (secondary N) is 1. The van der Waals surface area contributed by atoms with Gasteiger partial charge in [-0.25, -0.2) is 0 Å². The number of nitro benzene ring substituents is 1. The van der Waals surface area contributed by atoms with Crippen molar-refractivity contribution in [3.63, 3.8) is 0 Å². The van der Waals surface area contributed by atoms with E-state index in [0.717, 1.165) is 10.0 Å². The Morgan fingerprint density at radius 1 is 1.35 bits per heavy atom. The molecule has 0 bridgehead atoms. The molecule has 2 rings (SSSR count). The third-order valence-electron chi connectivity index (χ3n) is 4.09. The van der Waals surface area contributed by atoms with E-state index in [-0.39, 0.29) is 10.6 Å². The van der Waals surface area contributed by atoms with Crippen LogP contribution in [0.4, 0.5) is 5.69 Å². The van der Waals surface area contributed by atoms with E-state index in [1.165, 1.54) is 31.7 Å². The van der Waals surface area contributed by atoms with Gasteiger partial charge in [-0.05, 0) is 42.7 Å². The van der Waals surface area contributed by atoms with E-state index in [9.17, 15) is 10.1 Å². The first-order valence-corrected chi connectivity index (χ1v) is 7.82. The Bertz CT molecular complexity index is 493. The van der Waals surface area contributed by atoms with Gasteiger partial charge < -0.3 is 5.32 Å². The number of hydrogen-bond acceptors (Lipinski definition) is 3. The molecule has 1 saturated carbocycles. The van der Waals surface area contributed by atoms with E-state index in [0.29, 0.717) is 18.0 Å². The van der Waals surface area contributed by atoms with E-state index in [1.54, 1.807) is 6.07 Å². The highest BCUT2D eigenvalue weighted by Gasteiger charge is 2.26. The van der Waals surface area contributed by atoms with Gasteiger partial charge in [0.2, 0.25) is 0 Å². The molecule has 0 spiro atoms. The monoisotopic (exact) mass is 340 g/mol. The SMILES string of the molecule is CC1(C)CCC(NCc2cc(Br)cc([N+](=O)[O-])c2)CC1. The third-order valence-corrected chi connectivity index (χ3v) is 4.55. The standard InChI is InChI=1S/C15H21BrN2O2/c1-15(2)5-3-13(4-6-15)17-10-11-7-12(16)9-14(8-11)18(19)20/h7-9,13,17H,3-6,10H2,1-2H3. The van der Waals surface area contributed by atoms with Crippen LogP contribution in [-0.2, 0) is 6.54 Å². The lowest BCUT2D eigenvalue weighted by Gasteiger charge is -2.34. The predicted molar refractivity (Wildman–Crippen MR) is 83.7 cm³/mol. The number of rotatable bonds is 4. The highest BCUT2D eigenvalue weighted by Crippen LogP contribution is 2.35. The highest BCUT2D eigenvalue weighted by molar-refractivity contribution is 9.10. The fourth-order valence-corrected chi connectivity index (χ4v) is 3.23. The van der Waals surface area contributed by atoms with Crippen molar-refractivity contribution in [3.05, 3.63) is 38.3 Å². The van der Waals surface area contributed by atoms with Crippen LogP contribution in [-0.4, -0.2) is 11.0 Å². The summed E-state index contributed by atoms with van der Waals surface area (Å²) in [7, 11) is 0. The summed E-state index contributed by atoms with van der Waals surface area (Å²) in [4.78, 5) is 10.5. The Kier molecular flexibility index (Phi) is 4.81. The summed E-state index contributed by atoms with van der Waals surface area (Å²) in [6.07, 6.45) is 4.85. The smallest absolute Gasteiger partial charge is 0.270 e. The van der Waals surface area contributed by atoms with Crippen LogP contribution in [0.1, 0.15) is 45.1 Å². The number of nitrogens with zero attached hydrogens (tertiary/aromatic N) is 1. The van der Waals surface area contributed by atoms with Gasteiger partial charge in [-0.2, -0.15) is 0 Å². The van der Waals surface area contributed by atoms with Crippen molar-refractivity contribution in [1.29, 1.82) is 0 Å². The Balaban J connectivity index is 1.93. The van der Waals surface area contributed by atoms with Gasteiger partial charge in [0.1, 0.15) is 0 Å². The van der Waals surface area contributed by atoms with Crippen molar-refractivity contribution in [3.8, 4) is 0 Å². The van der Waals surface area contributed by atoms with Gasteiger partial charge in [0, 0.05) is 29.2 Å². The maximum atomic E-state index is 10.8. The molecule has 0 unspecified atom stereocenters. The zero-order chi connectivity index (χ0) is 14.8. The molecule has 4 nitrogen and oxygen atoms in total. The molecule has 110 valence electrons. The molecule has 0 radical (unpaired) electrons. The summed E-state index contributed by atoms with van der Waals surface area (Å²) in [5.74, 6) is 0. The van der Waals surface area contributed by atoms with Crippen molar-refractivity contribution in [2.45, 2.75) is 52.1 Å². The maximum Gasteiger partial charge on any atom is 0.270 e. The minimum Gasteiger partial charge on any atom is -0.310 e. The van der Waals surface area contributed by atoms with Crippen molar-refractivity contribution in [2.75, 3.05) is 0 Å². The second-order valence-corrected chi connectivity index (χ2v) is 7.31. The van der Waals surface area contributed by atoms with Crippen molar-refractivity contribution in [2.24, 2.45) is 5.41 Å². The molecule has 20 heavy (non-hydrogen) atoms. The van der Waals surface area contributed by atoms with Gasteiger partial charge >= 0.3 is 0 Å². The predicted octanol–water partition coefficient (Wildman–Crippen LogP) is 4.42. The molecule has 1 N–H and O–H groups in total. The number of benzene rings is 1. The van der Waals surface area contributed by atoms with Gasteiger partial charge in [-0.3, -0.25) is 10.1 Å². The van der Waals surface area contributed by atoms with Crippen molar-refractivity contribution in [1.82, 2.24) is 5.32 Å². The Hall–Kier alpha value is -0.940. The lowest BCUT2D eigenvalue weighted by Crippen LogP contribution is -2.35. The Labute approximate surface area is 128 Å². The number of hydrogen-bond donors (Lipinski definition) is 1. The molecule has 1 fully saturated rings. The summed E-state index contributed by atoms with van der Waals surface area (Å²) in [6, 6.07) is 5.64. The van der Waals surface area contributed by atoms with E-state index < -0.39 is 0 Å². The molecule has 0 saturated heterocycles. The molecule has 0 atom stereocenters. The first kappa shape index (κ1) is 15.4. The van der Waals surface area contributed by atoms with Crippen LogP contribution in [0.3, 0.4) is 0 Å². The first-order valence-electron chi connectivity index (χ1n) is 7.03. The quantitative estimate of drug-likeness (QED) is 0.652. The summed E-state index contributed by atoms with van der Waals surface area (Å²) < 4.78 is 0.758. The van der Waals surface area contributed by atoms with E-state index in [2.05, 4.69) is 35.1 Å². The lowest BCUT2D eigenvalue weighted by atomic mass is 9.75.